The first-order valence-corrected chi connectivity index (χ1v) is 8.51. The van der Waals surface area contributed by atoms with E-state index < -0.39 is 27.5 Å². The summed E-state index contributed by atoms with van der Waals surface area (Å²) in [6, 6.07) is 7.62. The third-order valence-corrected chi connectivity index (χ3v) is 4.78. The standard InChI is InChI=1S/C16H12F3N3O2S/c1-22-9-11(8-20-22)25(23,24)21-15-5-3-2-4-12(15)10-6-13(17)16(19)14(18)7-10/h2-9,21H,1H3. The van der Waals surface area contributed by atoms with Gasteiger partial charge in [0.25, 0.3) is 10.0 Å². The highest BCUT2D eigenvalue weighted by molar-refractivity contribution is 7.92. The van der Waals surface area contributed by atoms with Gasteiger partial charge in [0.2, 0.25) is 0 Å². The number of benzene rings is 2. The normalized spacial score (nSPS) is 11.5. The van der Waals surface area contributed by atoms with E-state index in [0.717, 1.165) is 12.1 Å². The minimum absolute atomic E-state index is 0.000821. The van der Waals surface area contributed by atoms with E-state index >= 15 is 0 Å². The van der Waals surface area contributed by atoms with Gasteiger partial charge < -0.3 is 0 Å². The molecule has 3 aromatic rings. The predicted molar refractivity (Wildman–Crippen MR) is 85.8 cm³/mol. The average molecular weight is 367 g/mol. The molecule has 0 fully saturated rings. The number of para-hydroxylation sites is 1. The molecule has 0 atom stereocenters. The van der Waals surface area contributed by atoms with Gasteiger partial charge in [0.1, 0.15) is 4.90 Å². The fourth-order valence-corrected chi connectivity index (χ4v) is 3.34. The summed E-state index contributed by atoms with van der Waals surface area (Å²) in [5, 5.41) is 3.79. The van der Waals surface area contributed by atoms with E-state index in [2.05, 4.69) is 9.82 Å². The van der Waals surface area contributed by atoms with Gasteiger partial charge in [0.15, 0.2) is 17.5 Å². The largest absolute Gasteiger partial charge is 0.279 e. The fourth-order valence-electron chi connectivity index (χ4n) is 2.28. The third kappa shape index (κ3) is 3.36. The van der Waals surface area contributed by atoms with Gasteiger partial charge in [-0.15, -0.1) is 0 Å². The van der Waals surface area contributed by atoms with Crippen molar-refractivity contribution in [3.05, 3.63) is 66.2 Å². The summed E-state index contributed by atoms with van der Waals surface area (Å²) < 4.78 is 68.6. The molecule has 1 aromatic heterocycles. The van der Waals surface area contributed by atoms with Crippen LogP contribution in [0.4, 0.5) is 18.9 Å². The molecule has 0 aliphatic rings. The van der Waals surface area contributed by atoms with E-state index in [9.17, 15) is 21.6 Å². The van der Waals surface area contributed by atoms with Crippen LogP contribution >= 0.6 is 0 Å². The summed E-state index contributed by atoms with van der Waals surface area (Å²) in [6.45, 7) is 0. The van der Waals surface area contributed by atoms with Gasteiger partial charge >= 0.3 is 0 Å². The average Bonchev–Trinajstić information content (AvgIpc) is 3.00. The number of nitrogens with one attached hydrogen (secondary N) is 1. The Morgan fingerprint density at radius 1 is 1.08 bits per heavy atom. The first-order chi connectivity index (χ1) is 11.8. The highest BCUT2D eigenvalue weighted by atomic mass is 32.2. The Morgan fingerprint density at radius 2 is 1.72 bits per heavy atom. The number of aromatic nitrogens is 2. The molecule has 0 unspecified atom stereocenters. The maximum absolute atomic E-state index is 13.5. The highest BCUT2D eigenvalue weighted by Gasteiger charge is 2.19. The van der Waals surface area contributed by atoms with Gasteiger partial charge in [0, 0.05) is 18.8 Å². The molecule has 0 spiro atoms. The second-order valence-electron chi connectivity index (χ2n) is 5.25. The lowest BCUT2D eigenvalue weighted by molar-refractivity contribution is 0.448. The molecular formula is C16H12F3N3O2S. The van der Waals surface area contributed by atoms with E-state index in [1.54, 1.807) is 19.2 Å². The lowest BCUT2D eigenvalue weighted by Crippen LogP contribution is -2.13. The van der Waals surface area contributed by atoms with E-state index in [4.69, 9.17) is 0 Å². The summed E-state index contributed by atoms with van der Waals surface area (Å²) >= 11 is 0. The summed E-state index contributed by atoms with van der Waals surface area (Å²) in [5.41, 5.74) is 0.297. The minimum Gasteiger partial charge on any atom is -0.279 e. The lowest BCUT2D eigenvalue weighted by Gasteiger charge is -2.12. The second kappa shape index (κ2) is 6.25. The molecule has 130 valence electrons. The third-order valence-electron chi connectivity index (χ3n) is 3.46. The Bertz CT molecular complexity index is 1030. The van der Waals surface area contributed by atoms with E-state index in [1.165, 1.54) is 29.2 Å². The molecule has 3 rings (SSSR count). The van der Waals surface area contributed by atoms with Gasteiger partial charge in [-0.3, -0.25) is 9.40 Å². The number of hydrogen-bond acceptors (Lipinski definition) is 3. The van der Waals surface area contributed by atoms with Crippen LogP contribution in [0.2, 0.25) is 0 Å². The Labute approximate surface area is 141 Å². The molecule has 0 saturated carbocycles. The van der Waals surface area contributed by atoms with Crippen molar-refractivity contribution in [2.45, 2.75) is 4.90 Å². The molecular weight excluding hydrogens is 355 g/mol. The molecule has 0 radical (unpaired) electrons. The van der Waals surface area contributed by atoms with Crippen molar-refractivity contribution in [2.24, 2.45) is 7.05 Å². The topological polar surface area (TPSA) is 64.0 Å². The summed E-state index contributed by atoms with van der Waals surface area (Å²) in [6.07, 6.45) is 2.48. The van der Waals surface area contributed by atoms with Crippen LogP contribution < -0.4 is 4.72 Å². The Kier molecular flexibility index (Phi) is 4.25. The van der Waals surface area contributed by atoms with Crippen LogP contribution in [0.15, 0.2) is 53.7 Å². The van der Waals surface area contributed by atoms with Crippen molar-refractivity contribution in [3.8, 4) is 11.1 Å². The van der Waals surface area contributed by atoms with Crippen LogP contribution in [0.1, 0.15) is 0 Å². The van der Waals surface area contributed by atoms with Gasteiger partial charge in [-0.1, -0.05) is 18.2 Å². The quantitative estimate of drug-likeness (QED) is 0.720. The van der Waals surface area contributed by atoms with Crippen molar-refractivity contribution in [3.63, 3.8) is 0 Å². The molecule has 0 amide bonds. The van der Waals surface area contributed by atoms with Gasteiger partial charge in [-0.05, 0) is 23.8 Å². The van der Waals surface area contributed by atoms with Crippen LogP contribution in [0, 0.1) is 17.5 Å². The zero-order valence-corrected chi connectivity index (χ0v) is 13.7. The van der Waals surface area contributed by atoms with Crippen molar-refractivity contribution in [1.29, 1.82) is 0 Å². The van der Waals surface area contributed by atoms with Gasteiger partial charge in [-0.25, -0.2) is 21.6 Å². The number of rotatable bonds is 4. The zero-order valence-electron chi connectivity index (χ0n) is 12.9. The molecule has 0 bridgehead atoms. The number of aryl methyl sites for hydroxylation is 1. The summed E-state index contributed by atoms with van der Waals surface area (Å²) in [5.74, 6) is -4.31. The molecule has 0 aliphatic carbocycles. The summed E-state index contributed by atoms with van der Waals surface area (Å²) in [7, 11) is -2.38. The van der Waals surface area contributed by atoms with Crippen molar-refractivity contribution in [2.75, 3.05) is 4.72 Å². The van der Waals surface area contributed by atoms with E-state index in [1.807, 2.05) is 0 Å². The fraction of sp³-hybridized carbons (Fsp3) is 0.0625. The van der Waals surface area contributed by atoms with Crippen LogP contribution in [-0.4, -0.2) is 18.2 Å². The zero-order chi connectivity index (χ0) is 18.2. The molecule has 25 heavy (non-hydrogen) atoms. The van der Waals surface area contributed by atoms with Gasteiger partial charge in [-0.2, -0.15) is 5.10 Å². The Morgan fingerprint density at radius 3 is 2.32 bits per heavy atom. The highest BCUT2D eigenvalue weighted by Crippen LogP contribution is 2.31. The first kappa shape index (κ1) is 17.0. The summed E-state index contributed by atoms with van der Waals surface area (Å²) in [4.78, 5) is -0.0683. The molecule has 2 aromatic carbocycles. The monoisotopic (exact) mass is 367 g/mol. The van der Waals surface area contributed by atoms with Gasteiger partial charge in [0.05, 0.1) is 11.9 Å². The molecule has 9 heteroatoms. The van der Waals surface area contributed by atoms with Crippen LogP contribution in [0.5, 0.6) is 0 Å². The minimum atomic E-state index is -3.95. The van der Waals surface area contributed by atoms with Crippen LogP contribution in [0.3, 0.4) is 0 Å². The number of nitrogens with zero attached hydrogens (tertiary/aromatic N) is 2. The van der Waals surface area contributed by atoms with E-state index in [-0.39, 0.29) is 21.7 Å². The van der Waals surface area contributed by atoms with Crippen molar-refractivity contribution < 1.29 is 21.6 Å². The number of halogens is 3. The smallest absolute Gasteiger partial charge is 0.265 e. The number of anilines is 1. The molecule has 0 aliphatic heterocycles. The van der Waals surface area contributed by atoms with Crippen LogP contribution in [-0.2, 0) is 17.1 Å². The lowest BCUT2D eigenvalue weighted by atomic mass is 10.0. The molecule has 5 nitrogen and oxygen atoms in total. The SMILES string of the molecule is Cn1cc(S(=O)(=O)Nc2ccccc2-c2cc(F)c(F)c(F)c2)cn1. The Hall–Kier alpha value is -2.81. The van der Waals surface area contributed by atoms with E-state index in [0.29, 0.717) is 0 Å². The molecule has 0 saturated heterocycles. The maximum Gasteiger partial charge on any atom is 0.265 e. The van der Waals surface area contributed by atoms with Crippen LogP contribution in [0.25, 0.3) is 11.1 Å². The molecule has 1 N–H and O–H groups in total. The Balaban J connectivity index is 2.05. The second-order valence-corrected chi connectivity index (χ2v) is 6.94. The number of hydrogen-bond donors (Lipinski definition) is 1. The van der Waals surface area contributed by atoms with Crippen molar-refractivity contribution >= 4 is 15.7 Å². The predicted octanol–water partition coefficient (Wildman–Crippen LogP) is 3.31. The first-order valence-electron chi connectivity index (χ1n) is 7.03. The molecule has 1 heterocycles. The maximum atomic E-state index is 13.5. The van der Waals surface area contributed by atoms with Crippen molar-refractivity contribution in [1.82, 2.24) is 9.78 Å². The number of sulfonamides is 1.